The Morgan fingerprint density at radius 3 is 2.71 bits per heavy atom. The van der Waals surface area contributed by atoms with Gasteiger partial charge in [-0.2, -0.15) is 0 Å². The van der Waals surface area contributed by atoms with Crippen LogP contribution in [0.15, 0.2) is 70.7 Å². The lowest BCUT2D eigenvalue weighted by Gasteiger charge is -2.28. The number of ether oxygens (including phenoxy) is 1. The lowest BCUT2D eigenvalue weighted by molar-refractivity contribution is -0.141. The van der Waals surface area contributed by atoms with Crippen LogP contribution in [0, 0.1) is 12.8 Å². The molecule has 15 heteroatoms. The summed E-state index contributed by atoms with van der Waals surface area (Å²) in [6.45, 7) is 8.64. The standard InChI is InChI=1S/C41H44N8O6S/c1-23(2)37(41(53)49-20-27(50)16-33(49)40(52)42-19-25-8-10-26(11-9-25)38-24(3)43-22-56-38)35-18-36(47-55-35)54-15-14-48-13-12-31-30(21-48)29-17-32(45-46-39(29)44-31)28-6-4-5-7-34(28)51/h4-11,17-18,22-23,27,33,37,50-51H,12-16,19-21H2,1-3H3,(H,42,52)(H,44,46)/t27-,33+,37-/m1/s1. The van der Waals surface area contributed by atoms with Gasteiger partial charge in [0, 0.05) is 68.3 Å². The van der Waals surface area contributed by atoms with Crippen molar-refractivity contribution in [2.75, 3.05) is 26.2 Å². The monoisotopic (exact) mass is 776 g/mol. The third-order valence-corrected chi connectivity index (χ3v) is 11.7. The second-order valence-corrected chi connectivity index (χ2v) is 15.7. The number of aromatic amines is 1. The van der Waals surface area contributed by atoms with E-state index in [4.69, 9.17) is 9.26 Å². The van der Waals surface area contributed by atoms with E-state index in [0.717, 1.165) is 57.0 Å². The van der Waals surface area contributed by atoms with Crippen LogP contribution in [0.1, 0.15) is 54.5 Å². The van der Waals surface area contributed by atoms with Crippen LogP contribution in [0.25, 0.3) is 32.7 Å². The number of carbonyl (C=O) groups is 2. The first-order valence-corrected chi connectivity index (χ1v) is 19.7. The zero-order chi connectivity index (χ0) is 38.9. The Morgan fingerprint density at radius 2 is 1.95 bits per heavy atom. The summed E-state index contributed by atoms with van der Waals surface area (Å²) >= 11 is 1.59. The molecule has 4 N–H and O–H groups in total. The number of aromatic hydroxyl groups is 1. The largest absolute Gasteiger partial charge is 0.507 e. The fourth-order valence-corrected chi connectivity index (χ4v) is 8.53. The van der Waals surface area contributed by atoms with Crippen LogP contribution in [-0.4, -0.2) is 95.5 Å². The molecule has 0 unspecified atom stereocenters. The summed E-state index contributed by atoms with van der Waals surface area (Å²) in [4.78, 5) is 40.2. The number of phenols is 1. The molecule has 2 amide bonds. The maximum Gasteiger partial charge on any atom is 0.254 e. The number of phenolic OH excluding ortho intramolecular Hbond substituents is 1. The Morgan fingerprint density at radius 1 is 1.12 bits per heavy atom. The average Bonchev–Trinajstić information content (AvgIpc) is 4.00. The zero-order valence-corrected chi connectivity index (χ0v) is 32.3. The summed E-state index contributed by atoms with van der Waals surface area (Å²) in [7, 11) is 0. The quantitative estimate of drug-likeness (QED) is 0.128. The van der Waals surface area contributed by atoms with Gasteiger partial charge in [-0.3, -0.25) is 14.5 Å². The number of benzene rings is 2. The second kappa shape index (κ2) is 15.8. The Kier molecular flexibility index (Phi) is 10.6. The van der Waals surface area contributed by atoms with Crippen molar-refractivity contribution < 1.29 is 29.1 Å². The maximum absolute atomic E-state index is 14.1. The van der Waals surface area contributed by atoms with Gasteiger partial charge in [-0.1, -0.05) is 50.2 Å². The van der Waals surface area contributed by atoms with Gasteiger partial charge in [-0.15, -0.1) is 21.5 Å². The van der Waals surface area contributed by atoms with Crippen LogP contribution in [0.2, 0.25) is 0 Å². The van der Waals surface area contributed by atoms with E-state index in [0.29, 0.717) is 43.3 Å². The van der Waals surface area contributed by atoms with Crippen molar-refractivity contribution in [3.05, 3.63) is 94.4 Å². The number of para-hydroxylation sites is 1. The summed E-state index contributed by atoms with van der Waals surface area (Å²) in [6, 6.07) is 17.9. The summed E-state index contributed by atoms with van der Waals surface area (Å²) < 4.78 is 11.7. The lowest BCUT2D eigenvalue weighted by Crippen LogP contribution is -2.48. The Balaban J connectivity index is 0.874. The van der Waals surface area contributed by atoms with Crippen LogP contribution in [0.3, 0.4) is 0 Å². The van der Waals surface area contributed by atoms with Gasteiger partial charge in [0.15, 0.2) is 11.4 Å². The van der Waals surface area contributed by atoms with Gasteiger partial charge in [0.05, 0.1) is 27.9 Å². The fraction of sp³-hybridized carbons (Fsp3) is 0.366. The minimum absolute atomic E-state index is 0.0527. The number of fused-ring (bicyclic) bond motifs is 3. The summed E-state index contributed by atoms with van der Waals surface area (Å²) in [5.74, 6) is -0.748. The highest BCUT2D eigenvalue weighted by Gasteiger charge is 2.43. The van der Waals surface area contributed by atoms with E-state index in [1.165, 1.54) is 4.90 Å². The molecule has 8 rings (SSSR count). The Bertz CT molecular complexity index is 2350. The molecule has 6 heterocycles. The van der Waals surface area contributed by atoms with E-state index in [1.807, 2.05) is 68.7 Å². The van der Waals surface area contributed by atoms with Crippen LogP contribution < -0.4 is 10.1 Å². The van der Waals surface area contributed by atoms with Crippen molar-refractivity contribution in [2.45, 2.75) is 64.8 Å². The lowest BCUT2D eigenvalue weighted by atomic mass is 9.91. The van der Waals surface area contributed by atoms with Crippen LogP contribution in [-0.2, 0) is 29.1 Å². The minimum Gasteiger partial charge on any atom is -0.507 e. The number of carbonyl (C=O) groups excluding carboxylic acids is 2. The highest BCUT2D eigenvalue weighted by Crippen LogP contribution is 2.34. The molecule has 14 nitrogen and oxygen atoms in total. The van der Waals surface area contributed by atoms with Crippen LogP contribution >= 0.6 is 11.3 Å². The molecule has 0 spiro atoms. The number of nitrogens with one attached hydrogen (secondary N) is 2. The first-order valence-electron chi connectivity index (χ1n) is 18.9. The van der Waals surface area contributed by atoms with Crippen molar-refractivity contribution in [3.8, 4) is 33.3 Å². The van der Waals surface area contributed by atoms with Gasteiger partial charge in [0.1, 0.15) is 24.3 Å². The molecule has 1 saturated heterocycles. The molecular weight excluding hydrogens is 733 g/mol. The molecule has 0 bridgehead atoms. The molecule has 1 fully saturated rings. The third kappa shape index (κ3) is 7.61. The number of hydrogen-bond acceptors (Lipinski definition) is 12. The average molecular weight is 777 g/mol. The van der Waals surface area contributed by atoms with E-state index in [-0.39, 0.29) is 42.3 Å². The van der Waals surface area contributed by atoms with E-state index in [9.17, 15) is 19.8 Å². The second-order valence-electron chi connectivity index (χ2n) is 14.8. The molecule has 4 aromatic heterocycles. The predicted octanol–water partition coefficient (Wildman–Crippen LogP) is 5.21. The molecule has 2 aliphatic rings. The SMILES string of the molecule is Cc1ncsc1-c1ccc(CNC(=O)[C@@H]2C[C@@H](O)CN2C(=O)[C@@H](c2cc(OCCN3CCc4[nH]c5nnc(-c6ccccc6O)cc5c4C3)no2)C(C)C)cc1. The van der Waals surface area contributed by atoms with Crippen molar-refractivity contribution >= 4 is 34.2 Å². The number of rotatable bonds is 12. The third-order valence-electron chi connectivity index (χ3n) is 10.7. The maximum atomic E-state index is 14.1. The molecule has 2 aliphatic heterocycles. The number of thiazole rings is 1. The van der Waals surface area contributed by atoms with E-state index >= 15 is 0 Å². The molecule has 290 valence electrons. The number of nitrogens with zero attached hydrogens (tertiary/aromatic N) is 6. The number of aliphatic hydroxyl groups excluding tert-OH is 1. The first kappa shape index (κ1) is 37.3. The highest BCUT2D eigenvalue weighted by molar-refractivity contribution is 7.13. The topological polar surface area (TPSA) is 183 Å². The fourth-order valence-electron chi connectivity index (χ4n) is 7.72. The number of H-pyrrole nitrogens is 1. The van der Waals surface area contributed by atoms with E-state index in [1.54, 1.807) is 29.5 Å². The predicted molar refractivity (Wildman–Crippen MR) is 210 cm³/mol. The van der Waals surface area contributed by atoms with Gasteiger partial charge < -0.3 is 34.7 Å². The molecule has 56 heavy (non-hydrogen) atoms. The van der Waals surface area contributed by atoms with Crippen LogP contribution in [0.5, 0.6) is 11.6 Å². The molecule has 2 aromatic carbocycles. The van der Waals surface area contributed by atoms with Crippen LogP contribution in [0.4, 0.5) is 0 Å². The molecular formula is C41H44N8O6S. The van der Waals surface area contributed by atoms with Crippen molar-refractivity contribution in [2.24, 2.45) is 5.92 Å². The van der Waals surface area contributed by atoms with Gasteiger partial charge in [-0.25, -0.2) is 4.98 Å². The van der Waals surface area contributed by atoms with Gasteiger partial charge in [0.2, 0.25) is 11.8 Å². The molecule has 6 aromatic rings. The smallest absolute Gasteiger partial charge is 0.254 e. The minimum atomic E-state index is -0.819. The highest BCUT2D eigenvalue weighted by atomic mass is 32.1. The number of β-amino-alcohol motifs (C(OH)–C–C–N with tert-alkyl or cyclic N) is 1. The summed E-state index contributed by atoms with van der Waals surface area (Å²) in [6.07, 6.45) is 0.147. The Labute approximate surface area is 327 Å². The number of amides is 2. The summed E-state index contributed by atoms with van der Waals surface area (Å²) in [5.41, 5.74) is 9.03. The van der Waals surface area contributed by atoms with Crippen molar-refractivity contribution in [3.63, 3.8) is 0 Å². The zero-order valence-electron chi connectivity index (χ0n) is 31.4. The van der Waals surface area contributed by atoms with E-state index in [2.05, 4.69) is 35.5 Å². The number of likely N-dealkylation sites (tertiary alicyclic amines) is 1. The number of aryl methyl sites for hydroxylation is 1. The summed E-state index contributed by atoms with van der Waals surface area (Å²) in [5, 5.41) is 37.8. The van der Waals surface area contributed by atoms with Gasteiger partial charge in [-0.05, 0) is 52.9 Å². The molecule has 0 aliphatic carbocycles. The number of hydrogen-bond donors (Lipinski definition) is 4. The van der Waals surface area contributed by atoms with Crippen molar-refractivity contribution in [1.82, 2.24) is 40.4 Å². The first-order chi connectivity index (χ1) is 27.1. The van der Waals surface area contributed by atoms with Crippen molar-refractivity contribution in [1.29, 1.82) is 0 Å². The Hall–Kier alpha value is -5.64. The molecule has 3 atom stereocenters. The van der Waals surface area contributed by atoms with E-state index < -0.39 is 18.1 Å². The molecule has 0 saturated carbocycles. The van der Waals surface area contributed by atoms with Gasteiger partial charge >= 0.3 is 0 Å². The molecule has 0 radical (unpaired) electrons. The number of aromatic nitrogens is 5. The van der Waals surface area contributed by atoms with Gasteiger partial charge in [0.25, 0.3) is 5.88 Å². The normalized spacial score (nSPS) is 17.7. The number of aliphatic hydroxyl groups is 1.